The minimum absolute atomic E-state index is 0.0633. The van der Waals surface area contributed by atoms with E-state index >= 15 is 0 Å². The van der Waals surface area contributed by atoms with Crippen LogP contribution in [0.25, 0.3) is 0 Å². The lowest BCUT2D eigenvalue weighted by molar-refractivity contribution is -0.107. The van der Waals surface area contributed by atoms with Crippen molar-refractivity contribution >= 4 is 12.1 Å². The second-order valence-electron chi connectivity index (χ2n) is 5.07. The Bertz CT molecular complexity index is 424. The number of anilines is 1. The number of carbonyl (C=O) groups excluding carboxylic acids is 1. The molecule has 1 aromatic rings. The Hall–Kier alpha value is -1.42. The SMILES string of the molecule is CC.CCCCCC(CN(C=O)c1cc(C)ccc1F)OC. The topological polar surface area (TPSA) is 29.5 Å². The molecule has 1 aromatic carbocycles. The number of methoxy groups -OCH3 is 1. The Morgan fingerprint density at radius 1 is 1.32 bits per heavy atom. The van der Waals surface area contributed by atoms with E-state index in [1.165, 1.54) is 11.0 Å². The summed E-state index contributed by atoms with van der Waals surface area (Å²) in [5.41, 5.74) is 1.24. The Balaban J connectivity index is 0.00000211. The lowest BCUT2D eigenvalue weighted by Crippen LogP contribution is -2.33. The van der Waals surface area contributed by atoms with Crippen LogP contribution in [0.15, 0.2) is 18.2 Å². The molecule has 0 radical (unpaired) electrons. The molecular weight excluding hydrogens is 281 g/mol. The minimum atomic E-state index is -0.383. The molecule has 0 saturated heterocycles. The van der Waals surface area contributed by atoms with Crippen LogP contribution in [0.1, 0.15) is 52.0 Å². The highest BCUT2D eigenvalue weighted by molar-refractivity contribution is 5.75. The zero-order chi connectivity index (χ0) is 17.0. The van der Waals surface area contributed by atoms with Crippen molar-refractivity contribution in [3.63, 3.8) is 0 Å². The van der Waals surface area contributed by atoms with Gasteiger partial charge in [0, 0.05) is 7.11 Å². The molecule has 0 saturated carbocycles. The van der Waals surface area contributed by atoms with Crippen LogP contribution < -0.4 is 4.90 Å². The van der Waals surface area contributed by atoms with Crippen LogP contribution in [0, 0.1) is 12.7 Å². The third-order valence-electron chi connectivity index (χ3n) is 3.40. The largest absolute Gasteiger partial charge is 0.380 e. The first-order valence-electron chi connectivity index (χ1n) is 8.13. The Kier molecular flexibility index (Phi) is 11.4. The van der Waals surface area contributed by atoms with E-state index in [9.17, 15) is 9.18 Å². The third-order valence-corrected chi connectivity index (χ3v) is 3.40. The van der Waals surface area contributed by atoms with E-state index in [1.54, 1.807) is 19.2 Å². The molecule has 1 atom stereocenters. The van der Waals surface area contributed by atoms with Crippen LogP contribution in [-0.2, 0) is 9.53 Å². The van der Waals surface area contributed by atoms with Gasteiger partial charge in [0.05, 0.1) is 18.3 Å². The maximum atomic E-state index is 13.8. The highest BCUT2D eigenvalue weighted by Gasteiger charge is 2.16. The molecule has 0 aliphatic heterocycles. The zero-order valence-electron chi connectivity index (χ0n) is 14.6. The number of hydrogen-bond acceptors (Lipinski definition) is 2. The van der Waals surface area contributed by atoms with E-state index in [-0.39, 0.29) is 11.9 Å². The molecule has 0 heterocycles. The average molecular weight is 311 g/mol. The van der Waals surface area contributed by atoms with Gasteiger partial charge in [0.2, 0.25) is 6.41 Å². The van der Waals surface area contributed by atoms with Crippen molar-refractivity contribution in [2.75, 3.05) is 18.6 Å². The molecule has 3 nitrogen and oxygen atoms in total. The van der Waals surface area contributed by atoms with E-state index in [4.69, 9.17) is 4.74 Å². The third kappa shape index (κ3) is 7.03. The fourth-order valence-electron chi connectivity index (χ4n) is 2.17. The number of aryl methyl sites for hydroxylation is 1. The van der Waals surface area contributed by atoms with Gasteiger partial charge in [-0.2, -0.15) is 0 Å². The monoisotopic (exact) mass is 311 g/mol. The second-order valence-corrected chi connectivity index (χ2v) is 5.07. The summed E-state index contributed by atoms with van der Waals surface area (Å²) in [4.78, 5) is 12.6. The van der Waals surface area contributed by atoms with Gasteiger partial charge < -0.3 is 9.64 Å². The van der Waals surface area contributed by atoms with E-state index in [0.717, 1.165) is 31.2 Å². The molecule has 0 spiro atoms. The number of nitrogens with zero attached hydrogens (tertiary/aromatic N) is 1. The maximum absolute atomic E-state index is 13.8. The molecule has 1 rings (SSSR count). The van der Waals surface area contributed by atoms with Crippen molar-refractivity contribution in [2.45, 2.75) is 59.5 Å². The summed E-state index contributed by atoms with van der Waals surface area (Å²) in [6.45, 7) is 8.40. The molecule has 1 amide bonds. The number of unbranched alkanes of at least 4 members (excludes halogenated alkanes) is 2. The number of amides is 1. The van der Waals surface area contributed by atoms with Crippen LogP contribution in [0.4, 0.5) is 10.1 Å². The van der Waals surface area contributed by atoms with E-state index < -0.39 is 0 Å². The first-order valence-corrected chi connectivity index (χ1v) is 8.13. The molecule has 0 aromatic heterocycles. The van der Waals surface area contributed by atoms with Crippen LogP contribution in [0.2, 0.25) is 0 Å². The van der Waals surface area contributed by atoms with Gasteiger partial charge in [-0.05, 0) is 31.0 Å². The second kappa shape index (κ2) is 12.2. The van der Waals surface area contributed by atoms with E-state index in [2.05, 4.69) is 6.92 Å². The molecule has 22 heavy (non-hydrogen) atoms. The van der Waals surface area contributed by atoms with Gasteiger partial charge in [-0.3, -0.25) is 4.79 Å². The van der Waals surface area contributed by atoms with Crippen molar-refractivity contribution < 1.29 is 13.9 Å². The quantitative estimate of drug-likeness (QED) is 0.488. The number of hydrogen-bond donors (Lipinski definition) is 0. The Labute approximate surface area is 134 Å². The van der Waals surface area contributed by atoms with Gasteiger partial charge in [-0.25, -0.2) is 4.39 Å². The summed E-state index contributed by atoms with van der Waals surface area (Å²) in [7, 11) is 1.63. The van der Waals surface area contributed by atoms with Gasteiger partial charge in [0.1, 0.15) is 5.82 Å². The standard InChI is InChI=1S/C16H24FNO2.C2H6/c1-4-5-6-7-14(20-3)11-18(12-19)16-10-13(2)8-9-15(16)17;1-2/h8-10,12,14H,4-7,11H2,1-3H3;1-2H3. The molecule has 0 bridgehead atoms. The van der Waals surface area contributed by atoms with E-state index in [1.807, 2.05) is 20.8 Å². The van der Waals surface area contributed by atoms with Crippen molar-refractivity contribution in [2.24, 2.45) is 0 Å². The molecule has 0 aliphatic carbocycles. The summed E-state index contributed by atoms with van der Waals surface area (Å²) >= 11 is 0. The number of benzene rings is 1. The van der Waals surface area contributed by atoms with Gasteiger partial charge in [-0.15, -0.1) is 0 Å². The first-order chi connectivity index (χ1) is 10.6. The van der Waals surface area contributed by atoms with Gasteiger partial charge in [-0.1, -0.05) is 46.1 Å². The summed E-state index contributed by atoms with van der Waals surface area (Å²) in [6, 6.07) is 4.76. The van der Waals surface area contributed by atoms with Crippen molar-refractivity contribution in [1.82, 2.24) is 0 Å². The smallest absolute Gasteiger partial charge is 0.214 e. The molecule has 4 heteroatoms. The maximum Gasteiger partial charge on any atom is 0.214 e. The summed E-state index contributed by atoms with van der Waals surface area (Å²) in [6.07, 6.45) is 4.82. The van der Waals surface area contributed by atoms with Gasteiger partial charge in [0.15, 0.2) is 0 Å². The Morgan fingerprint density at radius 2 is 2.00 bits per heavy atom. The lowest BCUT2D eigenvalue weighted by Gasteiger charge is -2.24. The molecular formula is C18H30FNO2. The molecule has 1 unspecified atom stereocenters. The normalized spacial score (nSPS) is 11.4. The van der Waals surface area contributed by atoms with Crippen molar-refractivity contribution in [3.05, 3.63) is 29.6 Å². The predicted octanol–water partition coefficient (Wildman–Crippen LogP) is 4.72. The van der Waals surface area contributed by atoms with Crippen molar-refractivity contribution in [1.29, 1.82) is 0 Å². The van der Waals surface area contributed by atoms with Crippen LogP contribution in [0.5, 0.6) is 0 Å². The summed E-state index contributed by atoms with van der Waals surface area (Å²) < 4.78 is 19.2. The molecule has 126 valence electrons. The van der Waals surface area contributed by atoms with E-state index in [0.29, 0.717) is 18.6 Å². The summed E-state index contributed by atoms with van der Waals surface area (Å²) in [5.74, 6) is -0.383. The zero-order valence-corrected chi connectivity index (χ0v) is 14.6. The van der Waals surface area contributed by atoms with Gasteiger partial charge >= 0.3 is 0 Å². The lowest BCUT2D eigenvalue weighted by atomic mass is 10.1. The molecule has 0 fully saturated rings. The predicted molar refractivity (Wildman–Crippen MR) is 90.8 cm³/mol. The summed E-state index contributed by atoms with van der Waals surface area (Å²) in [5, 5.41) is 0. The van der Waals surface area contributed by atoms with Crippen LogP contribution in [-0.4, -0.2) is 26.2 Å². The average Bonchev–Trinajstić information content (AvgIpc) is 2.55. The number of ether oxygens (including phenoxy) is 1. The minimum Gasteiger partial charge on any atom is -0.380 e. The van der Waals surface area contributed by atoms with Crippen LogP contribution >= 0.6 is 0 Å². The Morgan fingerprint density at radius 3 is 2.55 bits per heavy atom. The number of halogens is 1. The fraction of sp³-hybridized carbons (Fsp3) is 0.611. The number of rotatable bonds is 9. The van der Waals surface area contributed by atoms with Gasteiger partial charge in [0.25, 0.3) is 0 Å². The highest BCUT2D eigenvalue weighted by Crippen LogP contribution is 2.21. The first kappa shape index (κ1) is 20.6. The fourth-order valence-corrected chi connectivity index (χ4v) is 2.17. The highest BCUT2D eigenvalue weighted by atomic mass is 19.1. The van der Waals surface area contributed by atoms with Crippen molar-refractivity contribution in [3.8, 4) is 0 Å². The molecule has 0 aliphatic rings. The molecule has 0 N–H and O–H groups in total. The number of carbonyl (C=O) groups is 1. The van der Waals surface area contributed by atoms with Crippen LogP contribution in [0.3, 0.4) is 0 Å².